The third kappa shape index (κ3) is 4.85. The quantitative estimate of drug-likeness (QED) is 0.257. The molecule has 0 heterocycles. The summed E-state index contributed by atoms with van der Waals surface area (Å²) < 4.78 is 10.2. The van der Waals surface area contributed by atoms with Gasteiger partial charge in [-0.05, 0) is 18.6 Å². The zero-order chi connectivity index (χ0) is 15.0. The van der Waals surface area contributed by atoms with Crippen molar-refractivity contribution in [1.82, 2.24) is 0 Å². The molecule has 0 saturated heterocycles. The van der Waals surface area contributed by atoms with E-state index in [1.165, 1.54) is 12.1 Å². The summed E-state index contributed by atoms with van der Waals surface area (Å²) in [5, 5.41) is 10.7. The van der Waals surface area contributed by atoms with Crippen LogP contribution < -0.4 is 5.73 Å². The molecule has 1 aromatic rings. The van der Waals surface area contributed by atoms with Crippen LogP contribution in [0.1, 0.15) is 30.1 Å². The van der Waals surface area contributed by atoms with Crippen molar-refractivity contribution in [3.63, 3.8) is 0 Å². The van der Waals surface area contributed by atoms with Crippen LogP contribution in [0.4, 0.5) is 11.4 Å². The first kappa shape index (κ1) is 15.9. The minimum Gasteiger partial charge on any atom is -0.460 e. The fourth-order valence-electron chi connectivity index (χ4n) is 1.45. The molecule has 110 valence electrons. The van der Waals surface area contributed by atoms with E-state index in [2.05, 4.69) is 6.92 Å². The maximum absolute atomic E-state index is 11.7. The summed E-state index contributed by atoms with van der Waals surface area (Å²) in [6.07, 6.45) is 1.99. The number of hydrogen-bond donors (Lipinski definition) is 1. The zero-order valence-corrected chi connectivity index (χ0v) is 11.3. The second-order valence-corrected chi connectivity index (χ2v) is 4.13. The number of nitro groups is 1. The molecule has 0 atom stereocenters. The van der Waals surface area contributed by atoms with Crippen LogP contribution in [0, 0.1) is 10.1 Å². The molecule has 7 heteroatoms. The number of benzene rings is 1. The first-order chi connectivity index (χ1) is 9.56. The monoisotopic (exact) mass is 282 g/mol. The molecule has 0 aliphatic carbocycles. The Bertz CT molecular complexity index is 476. The number of rotatable bonds is 8. The molecular weight excluding hydrogens is 264 g/mol. The number of ether oxygens (including phenoxy) is 2. The largest absolute Gasteiger partial charge is 0.460 e. The van der Waals surface area contributed by atoms with E-state index in [-0.39, 0.29) is 23.5 Å². The van der Waals surface area contributed by atoms with Gasteiger partial charge in [0, 0.05) is 12.7 Å². The fraction of sp³-hybridized carbons (Fsp3) is 0.462. The van der Waals surface area contributed by atoms with Crippen LogP contribution >= 0.6 is 0 Å². The van der Waals surface area contributed by atoms with Gasteiger partial charge in [0.2, 0.25) is 0 Å². The van der Waals surface area contributed by atoms with Gasteiger partial charge in [0.15, 0.2) is 0 Å². The molecule has 0 amide bonds. The van der Waals surface area contributed by atoms with Gasteiger partial charge in [0.1, 0.15) is 12.3 Å². The van der Waals surface area contributed by atoms with E-state index in [0.29, 0.717) is 13.2 Å². The molecule has 0 radical (unpaired) electrons. The van der Waals surface area contributed by atoms with E-state index >= 15 is 0 Å². The van der Waals surface area contributed by atoms with Crippen molar-refractivity contribution in [1.29, 1.82) is 0 Å². The van der Waals surface area contributed by atoms with Gasteiger partial charge in [-0.2, -0.15) is 0 Å². The van der Waals surface area contributed by atoms with Crippen LogP contribution in [0.15, 0.2) is 18.2 Å². The summed E-state index contributed by atoms with van der Waals surface area (Å²) >= 11 is 0. The van der Waals surface area contributed by atoms with Crippen molar-refractivity contribution in [3.05, 3.63) is 33.9 Å². The van der Waals surface area contributed by atoms with E-state index < -0.39 is 10.9 Å². The molecule has 0 aliphatic heterocycles. The normalized spacial score (nSPS) is 10.2. The van der Waals surface area contributed by atoms with E-state index in [4.69, 9.17) is 15.2 Å². The summed E-state index contributed by atoms with van der Waals surface area (Å²) in [6.45, 7) is 3.10. The predicted molar refractivity (Wildman–Crippen MR) is 73.5 cm³/mol. The number of nitro benzene ring substituents is 1. The molecule has 0 bridgehead atoms. The van der Waals surface area contributed by atoms with Crippen LogP contribution in [0.2, 0.25) is 0 Å². The Hall–Kier alpha value is -2.15. The van der Waals surface area contributed by atoms with Gasteiger partial charge in [0.25, 0.3) is 5.69 Å². The molecule has 2 N–H and O–H groups in total. The number of unbranched alkanes of at least 4 members (excludes halogenated alkanes) is 1. The van der Waals surface area contributed by atoms with Gasteiger partial charge in [-0.15, -0.1) is 0 Å². The molecule has 7 nitrogen and oxygen atoms in total. The van der Waals surface area contributed by atoms with Crippen molar-refractivity contribution < 1.29 is 19.2 Å². The second-order valence-electron chi connectivity index (χ2n) is 4.13. The summed E-state index contributed by atoms with van der Waals surface area (Å²) in [6, 6.07) is 3.81. The number of carbonyl (C=O) groups excluding carboxylic acids is 1. The number of nitrogens with two attached hydrogens (primary N) is 1. The maximum atomic E-state index is 11.7. The standard InChI is InChI=1S/C13H18N2O5/c1-2-3-6-19-7-8-20-13(16)10-4-5-11(14)12(9-10)15(17)18/h4-5,9H,2-3,6-8,14H2,1H3. The van der Waals surface area contributed by atoms with Gasteiger partial charge >= 0.3 is 5.97 Å². The van der Waals surface area contributed by atoms with Crippen LogP contribution in [0.5, 0.6) is 0 Å². The highest BCUT2D eigenvalue weighted by Gasteiger charge is 2.16. The first-order valence-corrected chi connectivity index (χ1v) is 6.35. The van der Waals surface area contributed by atoms with Crippen LogP contribution in [0.25, 0.3) is 0 Å². The van der Waals surface area contributed by atoms with Gasteiger partial charge in [-0.3, -0.25) is 10.1 Å². The Labute approximate surface area is 116 Å². The third-order valence-corrected chi connectivity index (χ3v) is 2.57. The van der Waals surface area contributed by atoms with Crippen LogP contribution in [-0.2, 0) is 9.47 Å². The minimum absolute atomic E-state index is 0.00875. The number of nitrogens with zero attached hydrogens (tertiary/aromatic N) is 1. The van der Waals surface area contributed by atoms with E-state index in [1.807, 2.05) is 0 Å². The number of esters is 1. The Kier molecular flexibility index (Phi) is 6.45. The summed E-state index contributed by atoms with van der Waals surface area (Å²) in [5.41, 5.74) is 5.24. The zero-order valence-electron chi connectivity index (χ0n) is 11.3. The third-order valence-electron chi connectivity index (χ3n) is 2.57. The molecule has 20 heavy (non-hydrogen) atoms. The van der Waals surface area contributed by atoms with E-state index in [1.54, 1.807) is 0 Å². The van der Waals surface area contributed by atoms with E-state index in [9.17, 15) is 14.9 Å². The molecular formula is C13H18N2O5. The molecule has 0 aliphatic rings. The predicted octanol–water partition coefficient (Wildman–Crippen LogP) is 2.15. The summed E-state index contributed by atoms with van der Waals surface area (Å²) in [4.78, 5) is 21.8. The lowest BCUT2D eigenvalue weighted by molar-refractivity contribution is -0.383. The molecule has 1 rings (SSSR count). The lowest BCUT2D eigenvalue weighted by Crippen LogP contribution is -2.11. The topological polar surface area (TPSA) is 105 Å². The fourth-order valence-corrected chi connectivity index (χ4v) is 1.45. The number of hydrogen-bond acceptors (Lipinski definition) is 6. The Morgan fingerprint density at radius 2 is 2.10 bits per heavy atom. The van der Waals surface area contributed by atoms with Crippen molar-refractivity contribution in [2.45, 2.75) is 19.8 Å². The van der Waals surface area contributed by atoms with Gasteiger partial charge < -0.3 is 15.2 Å². The average molecular weight is 282 g/mol. The lowest BCUT2D eigenvalue weighted by atomic mass is 10.2. The van der Waals surface area contributed by atoms with Crippen LogP contribution in [0.3, 0.4) is 0 Å². The summed E-state index contributed by atoms with van der Waals surface area (Å²) in [7, 11) is 0. The van der Waals surface area contributed by atoms with Gasteiger partial charge in [-0.25, -0.2) is 4.79 Å². The van der Waals surface area contributed by atoms with Gasteiger partial charge in [-0.1, -0.05) is 13.3 Å². The maximum Gasteiger partial charge on any atom is 0.338 e. The highest BCUT2D eigenvalue weighted by molar-refractivity contribution is 5.91. The highest BCUT2D eigenvalue weighted by Crippen LogP contribution is 2.22. The minimum atomic E-state index is -0.639. The number of anilines is 1. The summed E-state index contributed by atoms with van der Waals surface area (Å²) in [5.74, 6) is -0.632. The van der Waals surface area contributed by atoms with Crippen molar-refractivity contribution in [2.75, 3.05) is 25.6 Å². The Morgan fingerprint density at radius 3 is 2.75 bits per heavy atom. The first-order valence-electron chi connectivity index (χ1n) is 6.35. The van der Waals surface area contributed by atoms with Gasteiger partial charge in [0.05, 0.1) is 17.1 Å². The Morgan fingerprint density at radius 1 is 1.35 bits per heavy atom. The van der Waals surface area contributed by atoms with Crippen molar-refractivity contribution in [2.24, 2.45) is 0 Å². The van der Waals surface area contributed by atoms with Crippen molar-refractivity contribution in [3.8, 4) is 0 Å². The average Bonchev–Trinajstić information content (AvgIpc) is 2.42. The molecule has 0 unspecified atom stereocenters. The van der Waals surface area contributed by atoms with Crippen molar-refractivity contribution >= 4 is 17.3 Å². The molecule has 0 spiro atoms. The van der Waals surface area contributed by atoms with E-state index in [0.717, 1.165) is 18.9 Å². The molecule has 1 aromatic carbocycles. The number of nitrogen functional groups attached to an aromatic ring is 1. The lowest BCUT2D eigenvalue weighted by Gasteiger charge is -2.06. The molecule has 0 saturated carbocycles. The smallest absolute Gasteiger partial charge is 0.338 e. The molecule has 0 fully saturated rings. The van der Waals surface area contributed by atoms with Crippen LogP contribution in [-0.4, -0.2) is 30.7 Å². The molecule has 0 aromatic heterocycles. The Balaban J connectivity index is 2.47. The SMILES string of the molecule is CCCCOCCOC(=O)c1ccc(N)c([N+](=O)[O-])c1. The second kappa shape index (κ2) is 8.11. The number of carbonyl (C=O) groups is 1. The highest BCUT2D eigenvalue weighted by atomic mass is 16.6.